The molecule has 0 aromatic heterocycles. The lowest BCUT2D eigenvalue weighted by Crippen LogP contribution is -2.43. The summed E-state index contributed by atoms with van der Waals surface area (Å²) in [6.45, 7) is 5.79. The van der Waals surface area contributed by atoms with E-state index in [0.717, 1.165) is 0 Å². The third-order valence-electron chi connectivity index (χ3n) is 2.41. The molecule has 0 radical (unpaired) electrons. The molecule has 1 rings (SSSR count). The second-order valence-corrected chi connectivity index (χ2v) is 5.50. The van der Waals surface area contributed by atoms with Crippen molar-refractivity contribution < 1.29 is 14.7 Å². The van der Waals surface area contributed by atoms with Crippen LogP contribution in [0.25, 0.3) is 0 Å². The Hall–Kier alpha value is -2.08. The number of aliphatic hydroxyl groups excluding tert-OH is 1. The summed E-state index contributed by atoms with van der Waals surface area (Å²) in [6.07, 6.45) is -0.283. The van der Waals surface area contributed by atoms with E-state index < -0.39 is 6.10 Å². The van der Waals surface area contributed by atoms with E-state index in [0.29, 0.717) is 17.7 Å². The van der Waals surface area contributed by atoms with Gasteiger partial charge in [-0.25, -0.2) is 4.79 Å². The van der Waals surface area contributed by atoms with E-state index in [1.807, 2.05) is 20.8 Å². The highest BCUT2D eigenvalue weighted by Crippen LogP contribution is 2.17. The highest BCUT2D eigenvalue weighted by atomic mass is 16.3. The van der Waals surface area contributed by atoms with E-state index >= 15 is 0 Å². The lowest BCUT2D eigenvalue weighted by atomic mass is 10.1. The van der Waals surface area contributed by atoms with Gasteiger partial charge in [-0.3, -0.25) is 4.79 Å². The van der Waals surface area contributed by atoms with E-state index in [4.69, 9.17) is 0 Å². The molecule has 6 nitrogen and oxygen atoms in total. The molecule has 110 valence electrons. The van der Waals surface area contributed by atoms with Crippen molar-refractivity contribution in [2.75, 3.05) is 11.9 Å². The summed E-state index contributed by atoms with van der Waals surface area (Å²) in [5.74, 6) is 0. The zero-order valence-corrected chi connectivity index (χ0v) is 11.9. The third kappa shape index (κ3) is 5.71. The van der Waals surface area contributed by atoms with Crippen molar-refractivity contribution in [3.05, 3.63) is 29.8 Å². The number of aliphatic hydroxyl groups is 1. The molecule has 0 saturated heterocycles. The Labute approximate surface area is 118 Å². The fourth-order valence-corrected chi connectivity index (χ4v) is 1.60. The van der Waals surface area contributed by atoms with Gasteiger partial charge in [-0.05, 0) is 38.5 Å². The molecule has 4 N–H and O–H groups in total. The van der Waals surface area contributed by atoms with Crippen LogP contribution in [0.3, 0.4) is 0 Å². The molecule has 0 fully saturated rings. The van der Waals surface area contributed by atoms with Gasteiger partial charge < -0.3 is 21.1 Å². The summed E-state index contributed by atoms with van der Waals surface area (Å²) in [7, 11) is 0. The molecule has 0 aliphatic rings. The van der Waals surface area contributed by atoms with Crippen LogP contribution in [0.15, 0.2) is 24.3 Å². The average Bonchev–Trinajstić information content (AvgIpc) is 2.33. The van der Waals surface area contributed by atoms with E-state index in [1.165, 1.54) is 0 Å². The third-order valence-corrected chi connectivity index (χ3v) is 2.41. The van der Waals surface area contributed by atoms with Crippen molar-refractivity contribution >= 4 is 18.1 Å². The number of urea groups is 1. The topological polar surface area (TPSA) is 90.5 Å². The van der Waals surface area contributed by atoms with E-state index in [2.05, 4.69) is 16.0 Å². The Morgan fingerprint density at radius 1 is 1.40 bits per heavy atom. The molecule has 1 aromatic rings. The molecule has 0 aliphatic heterocycles. The van der Waals surface area contributed by atoms with Gasteiger partial charge in [0.25, 0.3) is 0 Å². The minimum absolute atomic E-state index is 0.126. The van der Waals surface area contributed by atoms with Crippen LogP contribution in [0.4, 0.5) is 10.5 Å². The smallest absolute Gasteiger partial charge is 0.319 e. The molecule has 1 aromatic carbocycles. The zero-order valence-electron chi connectivity index (χ0n) is 11.9. The first-order valence-corrected chi connectivity index (χ1v) is 6.36. The van der Waals surface area contributed by atoms with E-state index in [-0.39, 0.29) is 18.1 Å². The molecule has 6 heteroatoms. The minimum Gasteiger partial charge on any atom is -0.387 e. The summed E-state index contributed by atoms with van der Waals surface area (Å²) < 4.78 is 0. The molecular weight excluding hydrogens is 258 g/mol. The summed E-state index contributed by atoms with van der Waals surface area (Å²) in [6, 6.07) is 6.54. The van der Waals surface area contributed by atoms with Crippen molar-refractivity contribution in [1.82, 2.24) is 10.6 Å². The van der Waals surface area contributed by atoms with Gasteiger partial charge in [-0.2, -0.15) is 0 Å². The van der Waals surface area contributed by atoms with Crippen molar-refractivity contribution in [2.45, 2.75) is 32.4 Å². The average molecular weight is 279 g/mol. The van der Waals surface area contributed by atoms with Gasteiger partial charge in [0.15, 0.2) is 0 Å². The SMILES string of the molecule is CC(C)(C)NC(=O)Nc1cccc(C(O)CNC=O)c1. The lowest BCUT2D eigenvalue weighted by Gasteiger charge is -2.21. The molecule has 0 aliphatic carbocycles. The maximum Gasteiger partial charge on any atom is 0.319 e. The number of benzene rings is 1. The van der Waals surface area contributed by atoms with Crippen molar-refractivity contribution in [2.24, 2.45) is 0 Å². The van der Waals surface area contributed by atoms with Crippen molar-refractivity contribution in [3.8, 4) is 0 Å². The maximum atomic E-state index is 11.7. The van der Waals surface area contributed by atoms with Crippen LogP contribution in [-0.4, -0.2) is 29.6 Å². The number of hydrogen-bond acceptors (Lipinski definition) is 3. The quantitative estimate of drug-likeness (QED) is 0.614. The van der Waals surface area contributed by atoms with Crippen LogP contribution < -0.4 is 16.0 Å². The first kappa shape index (κ1) is 16.0. The fraction of sp³-hybridized carbons (Fsp3) is 0.429. The molecule has 0 spiro atoms. The van der Waals surface area contributed by atoms with Crippen LogP contribution in [0.5, 0.6) is 0 Å². The van der Waals surface area contributed by atoms with Gasteiger partial charge in [0.1, 0.15) is 0 Å². The monoisotopic (exact) mass is 279 g/mol. The minimum atomic E-state index is -0.812. The Morgan fingerprint density at radius 2 is 2.10 bits per heavy atom. The number of anilines is 1. The van der Waals surface area contributed by atoms with Crippen LogP contribution in [-0.2, 0) is 4.79 Å². The Bertz CT molecular complexity index is 469. The number of hydrogen-bond donors (Lipinski definition) is 4. The largest absolute Gasteiger partial charge is 0.387 e. The summed E-state index contributed by atoms with van der Waals surface area (Å²) in [4.78, 5) is 21.9. The number of amides is 3. The van der Waals surface area contributed by atoms with Gasteiger partial charge >= 0.3 is 6.03 Å². The van der Waals surface area contributed by atoms with Crippen LogP contribution in [0.1, 0.15) is 32.4 Å². The predicted octanol–water partition coefficient (Wildman–Crippen LogP) is 1.39. The van der Waals surface area contributed by atoms with E-state index in [1.54, 1.807) is 24.3 Å². The number of carbonyl (C=O) groups is 2. The normalized spacial score (nSPS) is 12.4. The fourth-order valence-electron chi connectivity index (χ4n) is 1.60. The van der Waals surface area contributed by atoms with Crippen LogP contribution in [0, 0.1) is 0 Å². The molecule has 20 heavy (non-hydrogen) atoms. The standard InChI is InChI=1S/C14H21N3O3/c1-14(2,3)17-13(20)16-11-6-4-5-10(7-11)12(19)8-15-9-18/h4-7,9,12,19H,8H2,1-3H3,(H,15,18)(H2,16,17,20). The van der Waals surface area contributed by atoms with Gasteiger partial charge in [-0.1, -0.05) is 12.1 Å². The molecule has 1 atom stereocenters. The highest BCUT2D eigenvalue weighted by Gasteiger charge is 2.14. The van der Waals surface area contributed by atoms with Gasteiger partial charge in [-0.15, -0.1) is 0 Å². The second kappa shape index (κ2) is 6.91. The first-order chi connectivity index (χ1) is 9.31. The Kier molecular flexibility index (Phi) is 5.52. The molecule has 0 saturated carbocycles. The maximum absolute atomic E-state index is 11.7. The Balaban J connectivity index is 2.68. The second-order valence-electron chi connectivity index (χ2n) is 5.50. The van der Waals surface area contributed by atoms with Gasteiger partial charge in [0, 0.05) is 17.8 Å². The number of nitrogens with one attached hydrogen (secondary N) is 3. The van der Waals surface area contributed by atoms with Gasteiger partial charge in [0.2, 0.25) is 6.41 Å². The molecule has 0 bridgehead atoms. The molecule has 3 amide bonds. The predicted molar refractivity (Wildman–Crippen MR) is 77.4 cm³/mol. The zero-order chi connectivity index (χ0) is 15.2. The van der Waals surface area contributed by atoms with Crippen molar-refractivity contribution in [1.29, 1.82) is 0 Å². The Morgan fingerprint density at radius 3 is 2.70 bits per heavy atom. The summed E-state index contributed by atoms with van der Waals surface area (Å²) in [5.41, 5.74) is 0.872. The number of rotatable bonds is 5. The summed E-state index contributed by atoms with van der Waals surface area (Å²) in [5, 5.41) is 17.7. The van der Waals surface area contributed by atoms with Crippen LogP contribution >= 0.6 is 0 Å². The first-order valence-electron chi connectivity index (χ1n) is 6.36. The van der Waals surface area contributed by atoms with Gasteiger partial charge in [0.05, 0.1) is 6.10 Å². The number of carbonyl (C=O) groups excluding carboxylic acids is 2. The highest BCUT2D eigenvalue weighted by molar-refractivity contribution is 5.89. The van der Waals surface area contributed by atoms with E-state index in [9.17, 15) is 14.7 Å². The lowest BCUT2D eigenvalue weighted by molar-refractivity contribution is -0.109. The molecular formula is C14H21N3O3. The van der Waals surface area contributed by atoms with Crippen LogP contribution in [0.2, 0.25) is 0 Å². The molecule has 0 heterocycles. The summed E-state index contributed by atoms with van der Waals surface area (Å²) >= 11 is 0. The molecule has 1 unspecified atom stereocenters. The van der Waals surface area contributed by atoms with Crippen molar-refractivity contribution in [3.63, 3.8) is 0 Å².